The zero-order valence-corrected chi connectivity index (χ0v) is 19.1. The van der Waals surface area contributed by atoms with E-state index in [-0.39, 0.29) is 18.4 Å². The second-order valence-electron chi connectivity index (χ2n) is 9.37. The van der Waals surface area contributed by atoms with Gasteiger partial charge in [-0.2, -0.15) is 0 Å². The monoisotopic (exact) mass is 458 g/mol. The van der Waals surface area contributed by atoms with Gasteiger partial charge in [0.1, 0.15) is 23.0 Å². The fourth-order valence-corrected chi connectivity index (χ4v) is 4.48. The molecule has 2 atom stereocenters. The molecule has 10 heteroatoms. The number of hydrogen-bond acceptors (Lipinski definition) is 5. The molecule has 1 aromatic carbocycles. The first-order valence-corrected chi connectivity index (χ1v) is 10.9. The molecular formula is C23H27FN4O5. The van der Waals surface area contributed by atoms with Crippen molar-refractivity contribution in [2.24, 2.45) is 7.05 Å². The van der Waals surface area contributed by atoms with Crippen LogP contribution in [0.15, 0.2) is 29.1 Å². The summed E-state index contributed by atoms with van der Waals surface area (Å²) in [7, 11) is 1.51. The molecule has 0 radical (unpaired) electrons. The minimum Gasteiger partial charge on any atom is -0.444 e. The molecular weight excluding hydrogens is 431 g/mol. The summed E-state index contributed by atoms with van der Waals surface area (Å²) in [6.45, 7) is 5.64. The number of nitrogens with one attached hydrogen (secondary N) is 1. The summed E-state index contributed by atoms with van der Waals surface area (Å²) < 4.78 is 23.1. The van der Waals surface area contributed by atoms with Gasteiger partial charge in [-0.15, -0.1) is 0 Å². The fourth-order valence-electron chi connectivity index (χ4n) is 4.48. The molecule has 33 heavy (non-hydrogen) atoms. The highest BCUT2D eigenvalue weighted by Crippen LogP contribution is 2.36. The van der Waals surface area contributed by atoms with E-state index in [4.69, 9.17) is 4.74 Å². The van der Waals surface area contributed by atoms with Crippen LogP contribution in [0, 0.1) is 5.82 Å². The molecule has 0 saturated carbocycles. The molecule has 9 nitrogen and oxygen atoms in total. The summed E-state index contributed by atoms with van der Waals surface area (Å²) in [6, 6.07) is 1.31. The van der Waals surface area contributed by atoms with Gasteiger partial charge in [-0.05, 0) is 39.7 Å². The minimum atomic E-state index is -1.00. The van der Waals surface area contributed by atoms with Crippen LogP contribution in [-0.4, -0.2) is 44.1 Å². The van der Waals surface area contributed by atoms with E-state index in [1.165, 1.54) is 17.7 Å². The SMILES string of the molecule is Cn1c(=O)n(C2CCC(=O)NC2=O)c2c(F)ccc(C3CC=CCN3C(=O)OC(C)(C)C)c21. The van der Waals surface area contributed by atoms with Crippen LogP contribution >= 0.6 is 0 Å². The molecule has 176 valence electrons. The molecule has 3 heterocycles. The van der Waals surface area contributed by atoms with Gasteiger partial charge in [0.05, 0.1) is 11.6 Å². The number of benzene rings is 1. The number of carbonyl (C=O) groups excluding carboxylic acids is 3. The highest BCUT2D eigenvalue weighted by Gasteiger charge is 2.36. The number of nitrogens with zero attached hydrogens (tertiary/aromatic N) is 3. The van der Waals surface area contributed by atoms with Crippen LogP contribution in [0.3, 0.4) is 0 Å². The zero-order chi connectivity index (χ0) is 24.1. The van der Waals surface area contributed by atoms with Crippen molar-refractivity contribution in [3.63, 3.8) is 0 Å². The van der Waals surface area contributed by atoms with Gasteiger partial charge in [0, 0.05) is 25.6 Å². The van der Waals surface area contributed by atoms with Crippen molar-refractivity contribution in [1.82, 2.24) is 19.4 Å². The smallest absolute Gasteiger partial charge is 0.411 e. The number of hydrogen-bond donors (Lipinski definition) is 1. The average Bonchev–Trinajstić information content (AvgIpc) is 2.99. The van der Waals surface area contributed by atoms with Crippen LogP contribution in [0.25, 0.3) is 11.0 Å². The Balaban J connectivity index is 1.86. The van der Waals surface area contributed by atoms with Crippen molar-refractivity contribution in [3.05, 3.63) is 46.1 Å². The molecule has 4 rings (SSSR count). The van der Waals surface area contributed by atoms with Crippen molar-refractivity contribution in [3.8, 4) is 0 Å². The summed E-state index contributed by atoms with van der Waals surface area (Å²) >= 11 is 0. The topological polar surface area (TPSA) is 103 Å². The van der Waals surface area contributed by atoms with Crippen LogP contribution < -0.4 is 11.0 Å². The summed E-state index contributed by atoms with van der Waals surface area (Å²) in [4.78, 5) is 51.7. The number of halogens is 1. The van der Waals surface area contributed by atoms with Crippen molar-refractivity contribution in [2.75, 3.05) is 6.54 Å². The highest BCUT2D eigenvalue weighted by atomic mass is 19.1. The second kappa shape index (κ2) is 8.17. The van der Waals surface area contributed by atoms with Gasteiger partial charge >= 0.3 is 11.8 Å². The number of imide groups is 1. The lowest BCUT2D eigenvalue weighted by molar-refractivity contribution is -0.135. The number of piperidine rings is 1. The number of aromatic nitrogens is 2. The summed E-state index contributed by atoms with van der Waals surface area (Å²) in [6.07, 6.45) is 3.89. The second-order valence-corrected chi connectivity index (χ2v) is 9.37. The average molecular weight is 458 g/mol. The predicted octanol–water partition coefficient (Wildman–Crippen LogP) is 2.69. The first-order valence-electron chi connectivity index (χ1n) is 10.9. The summed E-state index contributed by atoms with van der Waals surface area (Å²) in [5, 5.41) is 2.22. The van der Waals surface area contributed by atoms with Gasteiger partial charge in [-0.3, -0.25) is 28.9 Å². The van der Waals surface area contributed by atoms with Crippen LogP contribution in [-0.2, 0) is 21.4 Å². The van der Waals surface area contributed by atoms with Crippen molar-refractivity contribution < 1.29 is 23.5 Å². The molecule has 1 saturated heterocycles. The molecule has 3 amide bonds. The first-order chi connectivity index (χ1) is 15.5. The van der Waals surface area contributed by atoms with Gasteiger partial charge in [-0.1, -0.05) is 18.2 Å². The Morgan fingerprint density at radius 1 is 1.12 bits per heavy atom. The van der Waals surface area contributed by atoms with Crippen LogP contribution in [0.5, 0.6) is 0 Å². The molecule has 1 fully saturated rings. The molecule has 0 bridgehead atoms. The summed E-state index contributed by atoms with van der Waals surface area (Å²) in [5.74, 6) is -1.72. The van der Waals surface area contributed by atoms with E-state index < -0.39 is 47.1 Å². The van der Waals surface area contributed by atoms with Gasteiger partial charge in [-0.25, -0.2) is 14.0 Å². The van der Waals surface area contributed by atoms with Crippen molar-refractivity contribution in [1.29, 1.82) is 0 Å². The number of ether oxygens (including phenoxy) is 1. The Bertz CT molecular complexity index is 1240. The maximum atomic E-state index is 15.1. The largest absolute Gasteiger partial charge is 0.444 e. The Hall–Kier alpha value is -3.43. The van der Waals surface area contributed by atoms with Crippen molar-refractivity contribution >= 4 is 28.9 Å². The van der Waals surface area contributed by atoms with E-state index in [9.17, 15) is 19.2 Å². The number of amides is 3. The number of fused-ring (bicyclic) bond motifs is 1. The van der Waals surface area contributed by atoms with Crippen LogP contribution in [0.4, 0.5) is 9.18 Å². The first kappa shape index (κ1) is 22.8. The lowest BCUT2D eigenvalue weighted by atomic mass is 9.97. The van der Waals surface area contributed by atoms with E-state index in [0.717, 1.165) is 4.57 Å². The quantitative estimate of drug-likeness (QED) is 0.551. The maximum Gasteiger partial charge on any atom is 0.411 e. The molecule has 0 spiro atoms. The van der Waals surface area contributed by atoms with Crippen LogP contribution in [0.2, 0.25) is 0 Å². The minimum absolute atomic E-state index is 0.0202. The lowest BCUT2D eigenvalue weighted by Crippen LogP contribution is -2.44. The predicted molar refractivity (Wildman–Crippen MR) is 118 cm³/mol. The van der Waals surface area contributed by atoms with Gasteiger partial charge in [0.2, 0.25) is 11.8 Å². The number of imidazole rings is 1. The molecule has 2 aliphatic rings. The van der Waals surface area contributed by atoms with E-state index >= 15 is 4.39 Å². The Morgan fingerprint density at radius 3 is 2.52 bits per heavy atom. The third-order valence-corrected chi connectivity index (χ3v) is 5.92. The summed E-state index contributed by atoms with van der Waals surface area (Å²) in [5.41, 5.74) is -0.400. The van der Waals surface area contributed by atoms with E-state index in [2.05, 4.69) is 5.32 Å². The standard InChI is InChI=1S/C23H27FN4O5/c1-23(2,3)33-22(32)27-12-6-5-7-15(27)13-8-9-14(24)19-18(13)26(4)21(31)28(19)16-10-11-17(29)25-20(16)30/h5-6,8-9,15-16H,7,10-12H2,1-4H3,(H,25,29,30). The molecule has 2 unspecified atom stereocenters. The Kier molecular flexibility index (Phi) is 5.63. The number of carbonyl (C=O) groups is 3. The molecule has 0 aliphatic carbocycles. The van der Waals surface area contributed by atoms with E-state index in [1.54, 1.807) is 31.7 Å². The van der Waals surface area contributed by atoms with Gasteiger partial charge < -0.3 is 4.74 Å². The van der Waals surface area contributed by atoms with Gasteiger partial charge in [0.25, 0.3) is 0 Å². The third kappa shape index (κ3) is 4.05. The van der Waals surface area contributed by atoms with E-state index in [0.29, 0.717) is 24.0 Å². The maximum absolute atomic E-state index is 15.1. The zero-order valence-electron chi connectivity index (χ0n) is 19.1. The third-order valence-electron chi connectivity index (χ3n) is 5.92. The molecule has 1 N–H and O–H groups in total. The van der Waals surface area contributed by atoms with E-state index in [1.807, 2.05) is 12.2 Å². The Morgan fingerprint density at radius 2 is 1.85 bits per heavy atom. The Labute approximate surface area is 189 Å². The highest BCUT2D eigenvalue weighted by molar-refractivity contribution is 6.00. The van der Waals surface area contributed by atoms with Gasteiger partial charge in [0.15, 0.2) is 0 Å². The number of rotatable bonds is 2. The molecule has 1 aromatic heterocycles. The molecule has 2 aromatic rings. The number of aryl methyl sites for hydroxylation is 1. The normalized spacial score (nSPS) is 21.4. The fraction of sp³-hybridized carbons (Fsp3) is 0.478. The lowest BCUT2D eigenvalue weighted by Gasteiger charge is -2.35. The van der Waals surface area contributed by atoms with Crippen molar-refractivity contribution in [2.45, 2.75) is 57.7 Å². The molecule has 2 aliphatic heterocycles. The van der Waals surface area contributed by atoms with Crippen LogP contribution in [0.1, 0.15) is 57.7 Å².